The number of nitrogens with one attached hydrogen (secondary N) is 1. The van der Waals surface area contributed by atoms with E-state index in [4.69, 9.17) is 9.84 Å². The number of ether oxygens (including phenoxy) is 1. The Hall–Kier alpha value is -1.44. The molecule has 3 aliphatic rings. The van der Waals surface area contributed by atoms with Gasteiger partial charge in [0, 0.05) is 55.7 Å². The van der Waals surface area contributed by atoms with Crippen molar-refractivity contribution < 1.29 is 9.53 Å². The fourth-order valence-corrected chi connectivity index (χ4v) is 5.42. The van der Waals surface area contributed by atoms with E-state index in [1.165, 1.54) is 56.5 Å². The molecule has 0 aliphatic carbocycles. The molecule has 7 heteroatoms. The van der Waals surface area contributed by atoms with E-state index < -0.39 is 0 Å². The fraction of sp³-hybridized carbons (Fsp3) is 0.833. The van der Waals surface area contributed by atoms with Crippen LogP contribution in [-0.2, 0) is 29.0 Å². The Bertz CT molecular complexity index is 718. The van der Waals surface area contributed by atoms with Gasteiger partial charge in [-0.1, -0.05) is 6.42 Å². The minimum Gasteiger partial charge on any atom is -0.376 e. The molecule has 2 saturated heterocycles. The molecule has 1 aromatic heterocycles. The third kappa shape index (κ3) is 5.88. The van der Waals surface area contributed by atoms with Crippen molar-refractivity contribution in [3.8, 4) is 0 Å². The van der Waals surface area contributed by atoms with Crippen LogP contribution >= 0.6 is 0 Å². The number of aromatic nitrogens is 2. The summed E-state index contributed by atoms with van der Waals surface area (Å²) in [6, 6.07) is 1.13. The number of carbonyl (C=O) groups is 1. The van der Waals surface area contributed by atoms with Gasteiger partial charge in [0.05, 0.1) is 18.9 Å². The van der Waals surface area contributed by atoms with E-state index in [1.807, 2.05) is 0 Å². The van der Waals surface area contributed by atoms with E-state index >= 15 is 0 Å². The number of amides is 1. The van der Waals surface area contributed by atoms with Crippen LogP contribution in [0.15, 0.2) is 0 Å². The van der Waals surface area contributed by atoms with Gasteiger partial charge in [0.15, 0.2) is 0 Å². The molecule has 1 amide bonds. The molecule has 2 fully saturated rings. The number of fused-ring (bicyclic) bond motifs is 1. The monoisotopic (exact) mass is 431 g/mol. The highest BCUT2D eigenvalue weighted by Crippen LogP contribution is 2.24. The fourth-order valence-electron chi connectivity index (χ4n) is 5.42. The average molecular weight is 432 g/mol. The SMILES string of the molecule is CC(C)n1nc(CCC(=O)NCCN2CCC(N3CCCCC3)CC2)c2c1CCOC2. The van der Waals surface area contributed by atoms with Gasteiger partial charge in [-0.3, -0.25) is 9.48 Å². The first-order chi connectivity index (χ1) is 15.1. The molecule has 4 rings (SSSR count). The molecule has 0 atom stereocenters. The van der Waals surface area contributed by atoms with Crippen molar-refractivity contribution in [2.24, 2.45) is 0 Å². The van der Waals surface area contributed by atoms with Crippen LogP contribution in [0.1, 0.15) is 75.4 Å². The summed E-state index contributed by atoms with van der Waals surface area (Å²) in [6.45, 7) is 12.3. The second-order valence-corrected chi connectivity index (χ2v) is 9.73. The van der Waals surface area contributed by atoms with E-state index in [0.717, 1.165) is 50.9 Å². The number of carbonyl (C=O) groups excluding carboxylic acids is 1. The number of hydrogen-bond acceptors (Lipinski definition) is 5. The number of rotatable bonds is 8. The summed E-state index contributed by atoms with van der Waals surface area (Å²) in [5.41, 5.74) is 3.55. The molecule has 0 radical (unpaired) electrons. The van der Waals surface area contributed by atoms with E-state index in [1.54, 1.807) is 0 Å². The highest BCUT2D eigenvalue weighted by Gasteiger charge is 2.25. The number of aryl methyl sites for hydroxylation is 1. The highest BCUT2D eigenvalue weighted by molar-refractivity contribution is 5.76. The lowest BCUT2D eigenvalue weighted by Crippen LogP contribution is -2.48. The summed E-state index contributed by atoms with van der Waals surface area (Å²) in [5, 5.41) is 7.93. The zero-order valence-electron chi connectivity index (χ0n) is 19.6. The maximum absolute atomic E-state index is 12.4. The maximum Gasteiger partial charge on any atom is 0.220 e. The van der Waals surface area contributed by atoms with E-state index in [2.05, 4.69) is 33.6 Å². The number of hydrogen-bond donors (Lipinski definition) is 1. The number of likely N-dealkylation sites (tertiary alicyclic amines) is 2. The first-order valence-corrected chi connectivity index (χ1v) is 12.5. The summed E-state index contributed by atoms with van der Waals surface area (Å²) in [5.74, 6) is 0.132. The summed E-state index contributed by atoms with van der Waals surface area (Å²) < 4.78 is 7.78. The van der Waals surface area contributed by atoms with Crippen molar-refractivity contribution in [1.29, 1.82) is 0 Å². The van der Waals surface area contributed by atoms with Crippen molar-refractivity contribution >= 4 is 5.91 Å². The Labute approximate surface area is 187 Å². The molecule has 4 heterocycles. The topological polar surface area (TPSA) is 62.6 Å². The lowest BCUT2D eigenvalue weighted by molar-refractivity contribution is -0.121. The van der Waals surface area contributed by atoms with Gasteiger partial charge in [0.1, 0.15) is 0 Å². The van der Waals surface area contributed by atoms with Gasteiger partial charge in [-0.05, 0) is 65.7 Å². The quantitative estimate of drug-likeness (QED) is 0.685. The van der Waals surface area contributed by atoms with Gasteiger partial charge in [-0.25, -0.2) is 0 Å². The minimum absolute atomic E-state index is 0.132. The van der Waals surface area contributed by atoms with Crippen molar-refractivity contribution in [1.82, 2.24) is 24.9 Å². The molecule has 7 nitrogen and oxygen atoms in total. The van der Waals surface area contributed by atoms with Crippen LogP contribution in [0.2, 0.25) is 0 Å². The molecule has 0 spiro atoms. The highest BCUT2D eigenvalue weighted by atomic mass is 16.5. The molecular formula is C24H41N5O2. The molecular weight excluding hydrogens is 390 g/mol. The molecule has 0 unspecified atom stereocenters. The number of piperidine rings is 2. The molecule has 1 N–H and O–H groups in total. The van der Waals surface area contributed by atoms with Gasteiger partial charge >= 0.3 is 0 Å². The third-order valence-electron chi connectivity index (χ3n) is 7.22. The summed E-state index contributed by atoms with van der Waals surface area (Å²) in [7, 11) is 0. The van der Waals surface area contributed by atoms with Crippen LogP contribution in [0.5, 0.6) is 0 Å². The molecule has 1 aromatic rings. The lowest BCUT2D eigenvalue weighted by Gasteiger charge is -2.40. The van der Waals surface area contributed by atoms with Crippen LogP contribution in [-0.4, -0.2) is 77.4 Å². The molecule has 174 valence electrons. The Kier molecular flexibility index (Phi) is 8.02. The molecule has 0 bridgehead atoms. The van der Waals surface area contributed by atoms with Gasteiger partial charge in [-0.2, -0.15) is 5.10 Å². The molecule has 3 aliphatic heterocycles. The molecule has 0 saturated carbocycles. The van der Waals surface area contributed by atoms with Crippen molar-refractivity contribution in [3.63, 3.8) is 0 Å². The Morgan fingerprint density at radius 1 is 1.16 bits per heavy atom. The lowest BCUT2D eigenvalue weighted by atomic mass is 10.00. The van der Waals surface area contributed by atoms with Gasteiger partial charge in [0.2, 0.25) is 5.91 Å². The molecule has 0 aromatic carbocycles. The first-order valence-electron chi connectivity index (χ1n) is 12.5. The van der Waals surface area contributed by atoms with Crippen LogP contribution in [0.25, 0.3) is 0 Å². The van der Waals surface area contributed by atoms with Crippen molar-refractivity contribution in [3.05, 3.63) is 17.0 Å². The Balaban J connectivity index is 1.15. The second kappa shape index (κ2) is 10.9. The van der Waals surface area contributed by atoms with E-state index in [-0.39, 0.29) is 5.91 Å². The second-order valence-electron chi connectivity index (χ2n) is 9.73. The van der Waals surface area contributed by atoms with Crippen molar-refractivity contribution in [2.45, 2.75) is 83.9 Å². The molecule has 31 heavy (non-hydrogen) atoms. The predicted molar refractivity (Wildman–Crippen MR) is 122 cm³/mol. The van der Waals surface area contributed by atoms with Crippen LogP contribution in [0.3, 0.4) is 0 Å². The van der Waals surface area contributed by atoms with Crippen LogP contribution < -0.4 is 5.32 Å². The zero-order chi connectivity index (χ0) is 21.6. The van der Waals surface area contributed by atoms with E-state index in [0.29, 0.717) is 25.5 Å². The minimum atomic E-state index is 0.132. The zero-order valence-corrected chi connectivity index (χ0v) is 19.6. The third-order valence-corrected chi connectivity index (χ3v) is 7.22. The van der Waals surface area contributed by atoms with Crippen molar-refractivity contribution in [2.75, 3.05) is 45.9 Å². The standard InChI is InChI=1S/C24H41N5O2/c1-19(2)29-23-10-17-31-18-21(23)22(26-29)6-7-24(30)25-11-16-27-14-8-20(9-15-27)28-12-4-3-5-13-28/h19-20H,3-18H2,1-2H3,(H,25,30). The van der Waals surface area contributed by atoms with E-state index in [9.17, 15) is 4.79 Å². The van der Waals surface area contributed by atoms with Gasteiger partial charge < -0.3 is 19.9 Å². The average Bonchev–Trinajstić information content (AvgIpc) is 3.18. The normalized spacial score (nSPS) is 21.4. The van der Waals surface area contributed by atoms with Gasteiger partial charge in [-0.15, -0.1) is 0 Å². The van der Waals surface area contributed by atoms with Gasteiger partial charge in [0.25, 0.3) is 0 Å². The Morgan fingerprint density at radius 3 is 2.68 bits per heavy atom. The van der Waals surface area contributed by atoms with Crippen LogP contribution in [0.4, 0.5) is 0 Å². The smallest absolute Gasteiger partial charge is 0.220 e. The first kappa shape index (κ1) is 22.7. The summed E-state index contributed by atoms with van der Waals surface area (Å²) >= 11 is 0. The predicted octanol–water partition coefficient (Wildman–Crippen LogP) is 2.54. The Morgan fingerprint density at radius 2 is 1.94 bits per heavy atom. The summed E-state index contributed by atoms with van der Waals surface area (Å²) in [6.07, 6.45) is 8.82. The van der Waals surface area contributed by atoms with Crippen LogP contribution in [0, 0.1) is 0 Å². The largest absolute Gasteiger partial charge is 0.376 e. The number of nitrogens with zero attached hydrogens (tertiary/aromatic N) is 4. The summed E-state index contributed by atoms with van der Waals surface area (Å²) in [4.78, 5) is 17.7. The maximum atomic E-state index is 12.4.